The van der Waals surface area contributed by atoms with Crippen LogP contribution in [-0.4, -0.2) is 21.2 Å². The molecule has 8 heteroatoms. The maximum Gasteiger partial charge on any atom is 0.291 e. The number of carbonyl (C=O) groups excluding carboxylic acids is 2. The maximum atomic E-state index is 12.9. The summed E-state index contributed by atoms with van der Waals surface area (Å²) in [7, 11) is 0. The number of aromatic nitrogens is 2. The van der Waals surface area contributed by atoms with Gasteiger partial charge in [-0.2, -0.15) is 0 Å². The number of hydrogen-bond acceptors (Lipinski definition) is 5. The molecule has 0 saturated carbocycles. The summed E-state index contributed by atoms with van der Waals surface area (Å²) in [5.74, 6) is 0.159. The number of anilines is 1. The molecule has 0 atom stereocenters. The molecule has 3 aromatic heterocycles. The molecule has 0 aliphatic rings. The largest absolute Gasteiger partial charge is 0.486 e. The van der Waals surface area contributed by atoms with Crippen molar-refractivity contribution in [1.82, 2.24) is 14.7 Å². The molecule has 0 aliphatic heterocycles. The van der Waals surface area contributed by atoms with Crippen molar-refractivity contribution < 1.29 is 18.7 Å². The van der Waals surface area contributed by atoms with E-state index in [0.29, 0.717) is 23.5 Å². The first kappa shape index (κ1) is 22.9. The molecule has 2 aromatic carbocycles. The van der Waals surface area contributed by atoms with Crippen LogP contribution < -0.4 is 15.4 Å². The number of para-hydroxylation sites is 1. The number of pyridine rings is 1. The average molecular weight is 481 g/mol. The van der Waals surface area contributed by atoms with E-state index in [9.17, 15) is 9.59 Å². The fourth-order valence-corrected chi connectivity index (χ4v) is 3.79. The van der Waals surface area contributed by atoms with Gasteiger partial charge in [0, 0.05) is 24.6 Å². The Labute approximate surface area is 207 Å². The number of furan rings is 1. The minimum absolute atomic E-state index is 0.239. The van der Waals surface area contributed by atoms with Gasteiger partial charge in [0.05, 0.1) is 17.5 Å². The molecule has 0 bridgehead atoms. The number of hydrogen-bond donors (Lipinski definition) is 2. The van der Waals surface area contributed by atoms with E-state index < -0.39 is 0 Å². The van der Waals surface area contributed by atoms with Crippen molar-refractivity contribution in [1.29, 1.82) is 0 Å². The van der Waals surface area contributed by atoms with E-state index in [4.69, 9.17) is 9.15 Å². The van der Waals surface area contributed by atoms with Crippen molar-refractivity contribution in [3.05, 3.63) is 120 Å². The highest BCUT2D eigenvalue weighted by molar-refractivity contribution is 6.02. The van der Waals surface area contributed by atoms with E-state index in [-0.39, 0.29) is 24.2 Å². The van der Waals surface area contributed by atoms with Crippen LogP contribution in [0, 0.1) is 6.92 Å². The lowest BCUT2D eigenvalue weighted by atomic mass is 10.1. The van der Waals surface area contributed by atoms with Gasteiger partial charge in [-0.15, -0.1) is 0 Å². The molecular formula is C28H24N4O4. The fraction of sp³-hybridized carbons (Fsp3) is 0.107. The van der Waals surface area contributed by atoms with Crippen LogP contribution in [0.25, 0.3) is 5.65 Å². The number of rotatable bonds is 8. The summed E-state index contributed by atoms with van der Waals surface area (Å²) in [6.45, 7) is 2.58. The first-order valence-corrected chi connectivity index (χ1v) is 11.4. The van der Waals surface area contributed by atoms with Gasteiger partial charge in [0.15, 0.2) is 5.76 Å². The summed E-state index contributed by atoms with van der Waals surface area (Å²) in [4.78, 5) is 29.6. The second-order valence-corrected chi connectivity index (χ2v) is 8.25. The lowest BCUT2D eigenvalue weighted by Gasteiger charge is -2.11. The number of fused-ring (bicyclic) bond motifs is 1. The van der Waals surface area contributed by atoms with Crippen molar-refractivity contribution in [3.63, 3.8) is 0 Å². The Balaban J connectivity index is 1.19. The van der Waals surface area contributed by atoms with Crippen LogP contribution in [0.4, 0.5) is 5.69 Å². The number of amides is 2. The van der Waals surface area contributed by atoms with Crippen LogP contribution in [0.1, 0.15) is 37.7 Å². The van der Waals surface area contributed by atoms with Crippen LogP contribution in [0.2, 0.25) is 0 Å². The summed E-state index contributed by atoms with van der Waals surface area (Å²) < 4.78 is 13.0. The zero-order valence-corrected chi connectivity index (χ0v) is 19.6. The Kier molecular flexibility index (Phi) is 6.48. The van der Waals surface area contributed by atoms with E-state index >= 15 is 0 Å². The molecule has 2 N–H and O–H groups in total. The van der Waals surface area contributed by atoms with E-state index in [1.165, 1.54) is 6.26 Å². The van der Waals surface area contributed by atoms with E-state index in [1.54, 1.807) is 42.5 Å². The van der Waals surface area contributed by atoms with Crippen molar-refractivity contribution >= 4 is 23.1 Å². The summed E-state index contributed by atoms with van der Waals surface area (Å²) in [5, 5.41) is 5.69. The molecule has 0 radical (unpaired) electrons. The van der Waals surface area contributed by atoms with Crippen molar-refractivity contribution in [3.8, 4) is 5.75 Å². The molecule has 36 heavy (non-hydrogen) atoms. The topological polar surface area (TPSA) is 97.9 Å². The number of nitrogens with one attached hydrogen (secondary N) is 2. The van der Waals surface area contributed by atoms with Crippen LogP contribution in [0.3, 0.4) is 0 Å². The highest BCUT2D eigenvalue weighted by atomic mass is 16.5. The second-order valence-electron chi connectivity index (χ2n) is 8.25. The van der Waals surface area contributed by atoms with Crippen LogP contribution in [0.5, 0.6) is 5.75 Å². The van der Waals surface area contributed by atoms with Gasteiger partial charge in [0.25, 0.3) is 11.8 Å². The molecule has 0 saturated heterocycles. The predicted molar refractivity (Wildman–Crippen MR) is 135 cm³/mol. The minimum Gasteiger partial charge on any atom is -0.486 e. The Morgan fingerprint density at radius 1 is 0.972 bits per heavy atom. The van der Waals surface area contributed by atoms with E-state index in [2.05, 4.69) is 15.6 Å². The van der Waals surface area contributed by atoms with Gasteiger partial charge >= 0.3 is 0 Å². The third-order valence-corrected chi connectivity index (χ3v) is 5.64. The first-order valence-electron chi connectivity index (χ1n) is 11.4. The molecule has 5 rings (SSSR count). The summed E-state index contributed by atoms with van der Waals surface area (Å²) >= 11 is 0. The van der Waals surface area contributed by atoms with Gasteiger partial charge < -0.3 is 24.2 Å². The third-order valence-electron chi connectivity index (χ3n) is 5.64. The van der Waals surface area contributed by atoms with Crippen LogP contribution in [0.15, 0.2) is 95.9 Å². The Morgan fingerprint density at radius 2 is 1.81 bits per heavy atom. The normalized spacial score (nSPS) is 10.8. The monoisotopic (exact) mass is 480 g/mol. The fourth-order valence-electron chi connectivity index (χ4n) is 3.79. The lowest BCUT2D eigenvalue weighted by Crippen LogP contribution is -2.23. The Morgan fingerprint density at radius 3 is 2.58 bits per heavy atom. The van der Waals surface area contributed by atoms with Gasteiger partial charge in [-0.1, -0.05) is 30.3 Å². The summed E-state index contributed by atoms with van der Waals surface area (Å²) in [6, 6.07) is 21.6. The van der Waals surface area contributed by atoms with E-state index in [0.717, 1.165) is 22.5 Å². The zero-order chi connectivity index (χ0) is 24.9. The number of benzene rings is 2. The van der Waals surface area contributed by atoms with Crippen molar-refractivity contribution in [2.75, 3.05) is 5.32 Å². The second kappa shape index (κ2) is 10.2. The Bertz CT molecular complexity index is 1500. The molecule has 0 unspecified atom stereocenters. The molecule has 0 spiro atoms. The van der Waals surface area contributed by atoms with Gasteiger partial charge in [-0.3, -0.25) is 9.59 Å². The number of carbonyl (C=O) groups is 2. The predicted octanol–water partition coefficient (Wildman–Crippen LogP) is 5.00. The molecule has 0 aliphatic carbocycles. The highest BCUT2D eigenvalue weighted by Gasteiger charge is 2.13. The molecule has 3 heterocycles. The highest BCUT2D eigenvalue weighted by Crippen LogP contribution is 2.20. The lowest BCUT2D eigenvalue weighted by molar-refractivity contribution is 0.0945. The standard InChI is InChI=1S/C28H24N4O4/c1-19-6-4-14-32-17-22(30-26(19)32)18-36-24-8-3-2-7-23(24)27(33)29-16-20-10-12-21(13-11-20)31-28(34)25-9-5-15-35-25/h2-15,17H,16,18H2,1H3,(H,29,33)(H,31,34). The maximum absolute atomic E-state index is 12.9. The summed E-state index contributed by atoms with van der Waals surface area (Å²) in [6.07, 6.45) is 5.32. The minimum atomic E-state index is -0.323. The average Bonchev–Trinajstić information content (AvgIpc) is 3.58. The van der Waals surface area contributed by atoms with Crippen LogP contribution in [-0.2, 0) is 13.2 Å². The quantitative estimate of drug-likeness (QED) is 0.326. The van der Waals surface area contributed by atoms with E-state index in [1.807, 2.05) is 54.0 Å². The van der Waals surface area contributed by atoms with Gasteiger partial charge in [-0.05, 0) is 60.5 Å². The SMILES string of the molecule is Cc1cccn2cc(COc3ccccc3C(=O)NCc3ccc(NC(=O)c4ccco4)cc3)nc12. The smallest absolute Gasteiger partial charge is 0.291 e. The van der Waals surface area contributed by atoms with Crippen molar-refractivity contribution in [2.24, 2.45) is 0 Å². The Hall–Kier alpha value is -4.85. The zero-order valence-electron chi connectivity index (χ0n) is 19.6. The van der Waals surface area contributed by atoms with Gasteiger partial charge in [0.1, 0.15) is 18.0 Å². The molecule has 0 fully saturated rings. The number of ether oxygens (including phenoxy) is 1. The first-order chi connectivity index (χ1) is 17.6. The van der Waals surface area contributed by atoms with Crippen LogP contribution >= 0.6 is 0 Å². The van der Waals surface area contributed by atoms with Gasteiger partial charge in [-0.25, -0.2) is 4.98 Å². The number of aryl methyl sites for hydroxylation is 1. The molecule has 5 aromatic rings. The van der Waals surface area contributed by atoms with Crippen molar-refractivity contribution in [2.45, 2.75) is 20.1 Å². The van der Waals surface area contributed by atoms with Gasteiger partial charge in [0.2, 0.25) is 0 Å². The third kappa shape index (κ3) is 5.12. The number of imidazole rings is 1. The molecule has 8 nitrogen and oxygen atoms in total. The molecule has 180 valence electrons. The molecule has 2 amide bonds. The summed E-state index contributed by atoms with van der Waals surface area (Å²) in [5.41, 5.74) is 4.70. The number of nitrogens with zero attached hydrogens (tertiary/aromatic N) is 2. The molecular weight excluding hydrogens is 456 g/mol.